The lowest BCUT2D eigenvalue weighted by Gasteiger charge is -2.20. The number of aliphatic imine (C=N–C) groups is 1. The molecule has 0 aromatic heterocycles. The van der Waals surface area contributed by atoms with Crippen molar-refractivity contribution in [2.75, 3.05) is 32.7 Å². The van der Waals surface area contributed by atoms with E-state index in [1.165, 1.54) is 13.0 Å². The molecule has 0 fully saturated rings. The van der Waals surface area contributed by atoms with Crippen molar-refractivity contribution in [3.05, 3.63) is 0 Å². The van der Waals surface area contributed by atoms with Crippen LogP contribution in [0.5, 0.6) is 0 Å². The van der Waals surface area contributed by atoms with Crippen molar-refractivity contribution < 1.29 is 0 Å². The third-order valence-electron chi connectivity index (χ3n) is 3.11. The number of nitrogens with one attached hydrogen (secondary N) is 1. The van der Waals surface area contributed by atoms with Gasteiger partial charge in [-0.2, -0.15) is 0 Å². The molecule has 0 amide bonds. The topological polar surface area (TPSA) is 27.6 Å². The van der Waals surface area contributed by atoms with Gasteiger partial charge < -0.3 is 10.2 Å². The Balaban J connectivity index is 2.15. The Bertz CT molecular complexity index is 241. The van der Waals surface area contributed by atoms with Crippen LogP contribution >= 0.6 is 11.8 Å². The summed E-state index contributed by atoms with van der Waals surface area (Å²) in [7, 11) is 0. The number of amidine groups is 1. The average molecular weight is 257 g/mol. The van der Waals surface area contributed by atoms with Gasteiger partial charge in [0.1, 0.15) is 0 Å². The summed E-state index contributed by atoms with van der Waals surface area (Å²) >= 11 is 1.91. The van der Waals surface area contributed by atoms with Crippen molar-refractivity contribution in [2.45, 2.75) is 39.4 Å². The molecule has 1 rings (SSSR count). The zero-order valence-electron chi connectivity index (χ0n) is 11.7. The molecule has 0 spiro atoms. The third kappa shape index (κ3) is 5.30. The van der Waals surface area contributed by atoms with E-state index >= 15 is 0 Å². The molecular weight excluding hydrogens is 230 g/mol. The van der Waals surface area contributed by atoms with Gasteiger partial charge in [-0.15, -0.1) is 0 Å². The van der Waals surface area contributed by atoms with Crippen LogP contribution in [0.25, 0.3) is 0 Å². The lowest BCUT2D eigenvalue weighted by atomic mass is 10.1. The van der Waals surface area contributed by atoms with Gasteiger partial charge in [0.25, 0.3) is 0 Å². The van der Waals surface area contributed by atoms with E-state index in [9.17, 15) is 0 Å². The smallest absolute Gasteiger partial charge is 0.156 e. The lowest BCUT2D eigenvalue weighted by Crippen LogP contribution is -2.34. The molecule has 0 aliphatic carbocycles. The van der Waals surface area contributed by atoms with Crippen LogP contribution in [0.4, 0.5) is 0 Å². The predicted molar refractivity (Wildman–Crippen MR) is 78.9 cm³/mol. The van der Waals surface area contributed by atoms with E-state index in [2.05, 4.69) is 42.9 Å². The Morgan fingerprint density at radius 3 is 2.71 bits per heavy atom. The van der Waals surface area contributed by atoms with Crippen molar-refractivity contribution in [1.82, 2.24) is 10.2 Å². The van der Waals surface area contributed by atoms with E-state index in [1.807, 2.05) is 11.8 Å². The monoisotopic (exact) mass is 257 g/mol. The lowest BCUT2D eigenvalue weighted by molar-refractivity contribution is 0.293. The summed E-state index contributed by atoms with van der Waals surface area (Å²) in [4.78, 5) is 7.04. The van der Waals surface area contributed by atoms with Crippen LogP contribution in [0.3, 0.4) is 0 Å². The molecule has 4 heteroatoms. The SMILES string of the molecule is CCCN(CC)CCNC1=NCC(C(C)C)S1. The molecule has 0 aromatic carbocycles. The molecule has 3 nitrogen and oxygen atoms in total. The van der Waals surface area contributed by atoms with E-state index in [1.54, 1.807) is 0 Å². The number of rotatable bonds is 7. The van der Waals surface area contributed by atoms with Crippen LogP contribution in [-0.2, 0) is 0 Å². The number of hydrogen-bond donors (Lipinski definition) is 1. The highest BCUT2D eigenvalue weighted by Crippen LogP contribution is 2.25. The van der Waals surface area contributed by atoms with E-state index < -0.39 is 0 Å². The molecule has 1 aliphatic heterocycles. The van der Waals surface area contributed by atoms with Gasteiger partial charge in [0.2, 0.25) is 0 Å². The van der Waals surface area contributed by atoms with Crippen molar-refractivity contribution in [3.63, 3.8) is 0 Å². The van der Waals surface area contributed by atoms with Gasteiger partial charge in [0, 0.05) is 18.3 Å². The fourth-order valence-corrected chi connectivity index (χ4v) is 2.94. The predicted octanol–water partition coefficient (Wildman–Crippen LogP) is 2.44. The largest absolute Gasteiger partial charge is 0.364 e. The number of thioether (sulfide) groups is 1. The summed E-state index contributed by atoms with van der Waals surface area (Å²) < 4.78 is 0. The molecule has 0 saturated carbocycles. The minimum Gasteiger partial charge on any atom is -0.364 e. The first-order chi connectivity index (χ1) is 8.17. The quantitative estimate of drug-likeness (QED) is 0.759. The van der Waals surface area contributed by atoms with Gasteiger partial charge in [-0.1, -0.05) is 39.5 Å². The van der Waals surface area contributed by atoms with Gasteiger partial charge in [-0.05, 0) is 25.4 Å². The van der Waals surface area contributed by atoms with Crippen LogP contribution in [0.1, 0.15) is 34.1 Å². The van der Waals surface area contributed by atoms with E-state index in [4.69, 9.17) is 0 Å². The second kappa shape index (κ2) is 7.98. The van der Waals surface area contributed by atoms with Crippen molar-refractivity contribution in [2.24, 2.45) is 10.9 Å². The number of likely N-dealkylation sites (N-methyl/N-ethyl adjacent to an activating group) is 1. The second-order valence-corrected chi connectivity index (χ2v) is 6.14. The molecule has 100 valence electrons. The van der Waals surface area contributed by atoms with E-state index in [-0.39, 0.29) is 0 Å². The first-order valence-corrected chi connectivity index (χ1v) is 7.72. The molecule has 0 saturated heterocycles. The zero-order valence-corrected chi connectivity index (χ0v) is 12.5. The maximum absolute atomic E-state index is 4.56. The van der Waals surface area contributed by atoms with Crippen LogP contribution in [-0.4, -0.2) is 48.0 Å². The van der Waals surface area contributed by atoms with E-state index in [0.717, 1.165) is 37.3 Å². The van der Waals surface area contributed by atoms with Gasteiger partial charge in [-0.25, -0.2) is 0 Å². The Hall–Kier alpha value is -0.220. The molecule has 1 heterocycles. The first-order valence-electron chi connectivity index (χ1n) is 6.84. The Kier molecular flexibility index (Phi) is 6.97. The van der Waals surface area contributed by atoms with Gasteiger partial charge in [0.05, 0.1) is 6.54 Å². The van der Waals surface area contributed by atoms with Crippen LogP contribution in [0.2, 0.25) is 0 Å². The average Bonchev–Trinajstić information content (AvgIpc) is 2.77. The van der Waals surface area contributed by atoms with Crippen LogP contribution in [0.15, 0.2) is 4.99 Å². The molecule has 0 radical (unpaired) electrons. The van der Waals surface area contributed by atoms with Crippen LogP contribution < -0.4 is 5.32 Å². The maximum Gasteiger partial charge on any atom is 0.156 e. The molecule has 0 bridgehead atoms. The summed E-state index contributed by atoms with van der Waals surface area (Å²) in [6, 6.07) is 0. The molecular formula is C13H27N3S. The highest BCUT2D eigenvalue weighted by molar-refractivity contribution is 8.14. The fourth-order valence-electron chi connectivity index (χ4n) is 1.90. The third-order valence-corrected chi connectivity index (χ3v) is 4.61. The Morgan fingerprint density at radius 1 is 1.41 bits per heavy atom. The number of hydrogen-bond acceptors (Lipinski definition) is 4. The van der Waals surface area contributed by atoms with Crippen molar-refractivity contribution in [3.8, 4) is 0 Å². The van der Waals surface area contributed by atoms with E-state index in [0.29, 0.717) is 5.25 Å². The van der Waals surface area contributed by atoms with Gasteiger partial charge in [0.15, 0.2) is 5.17 Å². The normalized spacial score (nSPS) is 20.1. The summed E-state index contributed by atoms with van der Waals surface area (Å²) in [5, 5.41) is 5.29. The minimum absolute atomic E-state index is 0.676. The molecule has 1 unspecified atom stereocenters. The number of nitrogens with zero attached hydrogens (tertiary/aromatic N) is 2. The molecule has 1 N–H and O–H groups in total. The molecule has 1 aliphatic rings. The second-order valence-electron chi connectivity index (χ2n) is 4.91. The maximum atomic E-state index is 4.56. The molecule has 0 aromatic rings. The summed E-state index contributed by atoms with van der Waals surface area (Å²) in [5.41, 5.74) is 0. The fraction of sp³-hybridized carbons (Fsp3) is 0.923. The highest BCUT2D eigenvalue weighted by atomic mass is 32.2. The van der Waals surface area contributed by atoms with Crippen molar-refractivity contribution in [1.29, 1.82) is 0 Å². The van der Waals surface area contributed by atoms with Gasteiger partial charge >= 0.3 is 0 Å². The summed E-state index contributed by atoms with van der Waals surface area (Å²) in [6.45, 7) is 14.5. The highest BCUT2D eigenvalue weighted by Gasteiger charge is 2.21. The standard InChI is InChI=1S/C13H27N3S/c1-5-8-16(6-2)9-7-14-13-15-10-12(17-13)11(3)4/h11-12H,5-10H2,1-4H3,(H,14,15). The van der Waals surface area contributed by atoms with Crippen LogP contribution in [0, 0.1) is 5.92 Å². The minimum atomic E-state index is 0.676. The summed E-state index contributed by atoms with van der Waals surface area (Å²) in [6.07, 6.45) is 1.24. The summed E-state index contributed by atoms with van der Waals surface area (Å²) in [5.74, 6) is 0.718. The first kappa shape index (κ1) is 14.8. The Labute approximate surface area is 110 Å². The van der Waals surface area contributed by atoms with Crippen molar-refractivity contribution >= 4 is 16.9 Å². The van der Waals surface area contributed by atoms with Gasteiger partial charge in [-0.3, -0.25) is 4.99 Å². The molecule has 17 heavy (non-hydrogen) atoms. The zero-order chi connectivity index (χ0) is 12.7. The Morgan fingerprint density at radius 2 is 2.18 bits per heavy atom. The molecule has 1 atom stereocenters.